The summed E-state index contributed by atoms with van der Waals surface area (Å²) in [4.78, 5) is 11.0. The highest BCUT2D eigenvalue weighted by Crippen LogP contribution is 2.65. The molecule has 1 saturated carbocycles. The van der Waals surface area contributed by atoms with Crippen LogP contribution in [0.3, 0.4) is 0 Å². The third kappa shape index (κ3) is 2.58. The molecular formula is C17H32O2. The molecule has 0 spiro atoms. The summed E-state index contributed by atoms with van der Waals surface area (Å²) >= 11 is 0. The Labute approximate surface area is 119 Å². The number of hydrogen-bond donors (Lipinski definition) is 0. The monoisotopic (exact) mass is 268 g/mol. The van der Waals surface area contributed by atoms with Crippen molar-refractivity contribution in [2.75, 3.05) is 0 Å². The van der Waals surface area contributed by atoms with E-state index in [1.54, 1.807) is 0 Å². The molecule has 0 N–H and O–H groups in total. The van der Waals surface area contributed by atoms with Crippen LogP contribution >= 0.6 is 0 Å². The summed E-state index contributed by atoms with van der Waals surface area (Å²) in [5.74, 6) is 0.471. The van der Waals surface area contributed by atoms with Crippen LogP contribution in [0.5, 0.6) is 0 Å². The normalized spacial score (nSPS) is 33.9. The van der Waals surface area contributed by atoms with Crippen molar-refractivity contribution in [1.29, 1.82) is 0 Å². The molecule has 0 radical (unpaired) electrons. The van der Waals surface area contributed by atoms with Gasteiger partial charge >= 0.3 is 0 Å². The lowest BCUT2D eigenvalue weighted by molar-refractivity contribution is -0.0893. The summed E-state index contributed by atoms with van der Waals surface area (Å²) in [6.45, 7) is 16.1. The van der Waals surface area contributed by atoms with Gasteiger partial charge in [0.05, 0.1) is 0 Å². The van der Waals surface area contributed by atoms with Gasteiger partial charge in [0.25, 0.3) is 0 Å². The largest absolute Gasteiger partial charge is 0.239 e. The van der Waals surface area contributed by atoms with E-state index in [1.807, 2.05) is 0 Å². The van der Waals surface area contributed by atoms with Gasteiger partial charge in [-0.05, 0) is 36.0 Å². The molecule has 19 heavy (non-hydrogen) atoms. The summed E-state index contributed by atoms with van der Waals surface area (Å²) < 4.78 is 0. The van der Waals surface area contributed by atoms with Crippen LogP contribution in [0.15, 0.2) is 0 Å². The molecule has 1 aliphatic heterocycles. The van der Waals surface area contributed by atoms with Crippen molar-refractivity contribution in [3.8, 4) is 0 Å². The van der Waals surface area contributed by atoms with Gasteiger partial charge in [0.2, 0.25) is 5.79 Å². The first-order valence-electron chi connectivity index (χ1n) is 7.93. The third-order valence-electron chi connectivity index (χ3n) is 5.48. The smallest absolute Gasteiger partial charge is 0.194 e. The molecule has 0 aromatic heterocycles. The topological polar surface area (TPSA) is 25.1 Å². The summed E-state index contributed by atoms with van der Waals surface area (Å²) in [7, 11) is 0. The zero-order valence-electron chi connectivity index (χ0n) is 13.9. The van der Waals surface area contributed by atoms with Gasteiger partial charge in [0.1, 0.15) is 0 Å². The molecule has 112 valence electrons. The molecule has 2 nitrogen and oxygen atoms in total. The summed E-state index contributed by atoms with van der Waals surface area (Å²) in [6.07, 6.45) is 6.34. The van der Waals surface area contributed by atoms with Gasteiger partial charge in [0.15, 0.2) is 0 Å². The van der Waals surface area contributed by atoms with Crippen molar-refractivity contribution in [3.05, 3.63) is 0 Å². The second-order valence-electron chi connectivity index (χ2n) is 8.92. The molecule has 0 aromatic carbocycles. The van der Waals surface area contributed by atoms with E-state index < -0.39 is 0 Å². The molecule has 2 fully saturated rings. The molecule has 2 heteroatoms. The van der Waals surface area contributed by atoms with Gasteiger partial charge in [-0.3, -0.25) is 0 Å². The quantitative estimate of drug-likeness (QED) is 0.509. The van der Waals surface area contributed by atoms with Gasteiger partial charge in [-0.15, -0.1) is 0 Å². The zero-order valence-corrected chi connectivity index (χ0v) is 13.9. The summed E-state index contributed by atoms with van der Waals surface area (Å²) in [5.41, 5.74) is 0.879. The first-order chi connectivity index (χ1) is 8.56. The van der Waals surface area contributed by atoms with E-state index in [0.29, 0.717) is 10.8 Å². The Balaban J connectivity index is 2.18. The van der Waals surface area contributed by atoms with E-state index in [-0.39, 0.29) is 11.2 Å². The Morgan fingerprint density at radius 3 is 1.89 bits per heavy atom. The number of rotatable bonds is 4. The van der Waals surface area contributed by atoms with Crippen molar-refractivity contribution < 1.29 is 9.78 Å². The Morgan fingerprint density at radius 1 is 1.05 bits per heavy atom. The van der Waals surface area contributed by atoms with Crippen molar-refractivity contribution in [1.82, 2.24) is 0 Å². The third-order valence-corrected chi connectivity index (χ3v) is 5.48. The second kappa shape index (κ2) is 4.46. The highest BCUT2D eigenvalue weighted by Gasteiger charge is 2.65. The maximum Gasteiger partial charge on any atom is 0.239 e. The van der Waals surface area contributed by atoms with E-state index in [0.717, 1.165) is 12.3 Å². The van der Waals surface area contributed by atoms with Crippen LogP contribution in [0.4, 0.5) is 0 Å². The lowest BCUT2D eigenvalue weighted by Gasteiger charge is -2.57. The van der Waals surface area contributed by atoms with E-state index in [1.165, 1.54) is 25.7 Å². The van der Waals surface area contributed by atoms with E-state index >= 15 is 0 Å². The fourth-order valence-corrected chi connectivity index (χ4v) is 4.23. The van der Waals surface area contributed by atoms with E-state index in [4.69, 9.17) is 9.78 Å². The van der Waals surface area contributed by atoms with Crippen LogP contribution in [0.2, 0.25) is 0 Å². The van der Waals surface area contributed by atoms with Crippen LogP contribution in [-0.2, 0) is 9.78 Å². The molecule has 0 bridgehead atoms. The molecule has 2 atom stereocenters. The Morgan fingerprint density at radius 2 is 1.63 bits per heavy atom. The minimum absolute atomic E-state index is 0.0613. The predicted octanol–water partition coefficient (Wildman–Crippen LogP) is 5.32. The summed E-state index contributed by atoms with van der Waals surface area (Å²) in [6, 6.07) is 0. The molecule has 2 aliphatic rings. The van der Waals surface area contributed by atoms with Crippen LogP contribution in [0.25, 0.3) is 0 Å². The Kier molecular flexibility index (Phi) is 3.59. The Hall–Kier alpha value is -0.0800. The molecular weight excluding hydrogens is 236 g/mol. The zero-order chi connectivity index (χ0) is 14.5. The van der Waals surface area contributed by atoms with Crippen LogP contribution < -0.4 is 0 Å². The maximum atomic E-state index is 5.50. The highest BCUT2D eigenvalue weighted by atomic mass is 17.4. The van der Waals surface area contributed by atoms with Crippen LogP contribution in [0.1, 0.15) is 80.6 Å². The first kappa shape index (κ1) is 15.3. The lowest BCUT2D eigenvalue weighted by atomic mass is 9.48. The Bertz CT molecular complexity index is 330. The van der Waals surface area contributed by atoms with Crippen molar-refractivity contribution in [2.45, 2.75) is 86.4 Å². The molecule has 0 amide bonds. The fourth-order valence-electron chi connectivity index (χ4n) is 4.23. The average Bonchev–Trinajstić information content (AvgIpc) is 2.92. The summed E-state index contributed by atoms with van der Waals surface area (Å²) in [5, 5.41) is 0. The minimum Gasteiger partial charge on any atom is -0.194 e. The molecule has 2 rings (SSSR count). The molecule has 1 saturated heterocycles. The van der Waals surface area contributed by atoms with Gasteiger partial charge in [-0.1, -0.05) is 54.9 Å². The van der Waals surface area contributed by atoms with Crippen LogP contribution in [-0.4, -0.2) is 5.79 Å². The molecule has 1 heterocycles. The SMILES string of the molecule is CCCC1(CC2(C(C)(C)C)OO2)CCC1C(C)(C)C. The second-order valence-corrected chi connectivity index (χ2v) is 8.92. The predicted molar refractivity (Wildman–Crippen MR) is 78.5 cm³/mol. The standard InChI is InChI=1S/C17H32O2/c1-8-10-16(11-9-13(16)14(2,3)4)12-17(18-19-17)15(5,6)7/h13H,8-12H2,1-7H3. The highest BCUT2D eigenvalue weighted by molar-refractivity contribution is 5.05. The van der Waals surface area contributed by atoms with E-state index in [9.17, 15) is 0 Å². The van der Waals surface area contributed by atoms with Crippen molar-refractivity contribution in [2.24, 2.45) is 22.2 Å². The fraction of sp³-hybridized carbons (Fsp3) is 1.00. The molecule has 0 aromatic rings. The van der Waals surface area contributed by atoms with Crippen LogP contribution in [0, 0.1) is 22.2 Å². The maximum absolute atomic E-state index is 5.50. The minimum atomic E-state index is -0.327. The lowest BCUT2D eigenvalue weighted by Crippen LogP contribution is -2.51. The first-order valence-corrected chi connectivity index (χ1v) is 7.93. The average molecular weight is 268 g/mol. The van der Waals surface area contributed by atoms with Crippen molar-refractivity contribution >= 4 is 0 Å². The molecule has 2 unspecified atom stereocenters. The van der Waals surface area contributed by atoms with E-state index in [2.05, 4.69) is 48.5 Å². The van der Waals surface area contributed by atoms with Crippen molar-refractivity contribution in [3.63, 3.8) is 0 Å². The number of hydrogen-bond acceptors (Lipinski definition) is 2. The van der Waals surface area contributed by atoms with Gasteiger partial charge in [-0.25, -0.2) is 0 Å². The van der Waals surface area contributed by atoms with Gasteiger partial charge in [0, 0.05) is 11.8 Å². The van der Waals surface area contributed by atoms with Gasteiger partial charge < -0.3 is 0 Å². The molecule has 1 aliphatic carbocycles. The van der Waals surface area contributed by atoms with Gasteiger partial charge in [-0.2, -0.15) is 9.78 Å².